The van der Waals surface area contributed by atoms with Crippen molar-refractivity contribution in [1.82, 2.24) is 4.98 Å². The topological polar surface area (TPSA) is 36.4 Å². The molecule has 0 unspecified atom stereocenters. The Bertz CT molecular complexity index is 634. The van der Waals surface area contributed by atoms with Crippen LogP contribution in [0.2, 0.25) is 0 Å². The van der Waals surface area contributed by atoms with E-state index in [1.54, 1.807) is 0 Å². The number of para-hydroxylation sites is 1. The SMILES string of the molecule is CC1=CCCN(c2cc(CO)nc3ccccc23)C1. The van der Waals surface area contributed by atoms with Crippen molar-refractivity contribution in [1.29, 1.82) is 0 Å². The van der Waals surface area contributed by atoms with E-state index in [9.17, 15) is 5.11 Å². The summed E-state index contributed by atoms with van der Waals surface area (Å²) in [5.74, 6) is 0. The van der Waals surface area contributed by atoms with Crippen molar-refractivity contribution in [3.63, 3.8) is 0 Å². The molecule has 2 heterocycles. The van der Waals surface area contributed by atoms with Gasteiger partial charge in [-0.05, 0) is 25.5 Å². The lowest BCUT2D eigenvalue weighted by Crippen LogP contribution is -2.29. The second kappa shape index (κ2) is 5.02. The maximum atomic E-state index is 9.38. The van der Waals surface area contributed by atoms with E-state index in [-0.39, 0.29) is 6.61 Å². The number of anilines is 1. The molecule has 19 heavy (non-hydrogen) atoms. The molecule has 0 saturated heterocycles. The Morgan fingerprint density at radius 2 is 2.16 bits per heavy atom. The highest BCUT2D eigenvalue weighted by atomic mass is 16.3. The average Bonchev–Trinajstić information content (AvgIpc) is 2.46. The Morgan fingerprint density at radius 1 is 1.32 bits per heavy atom. The highest BCUT2D eigenvalue weighted by Crippen LogP contribution is 2.29. The maximum Gasteiger partial charge on any atom is 0.0854 e. The van der Waals surface area contributed by atoms with Gasteiger partial charge >= 0.3 is 0 Å². The molecular weight excluding hydrogens is 236 g/mol. The van der Waals surface area contributed by atoms with Gasteiger partial charge in [-0.15, -0.1) is 0 Å². The zero-order valence-electron chi connectivity index (χ0n) is 11.1. The maximum absolute atomic E-state index is 9.38. The lowest BCUT2D eigenvalue weighted by Gasteiger charge is -2.29. The van der Waals surface area contributed by atoms with Crippen LogP contribution in [0, 0.1) is 0 Å². The number of nitrogens with zero attached hydrogens (tertiary/aromatic N) is 2. The van der Waals surface area contributed by atoms with Crippen molar-refractivity contribution in [2.24, 2.45) is 0 Å². The van der Waals surface area contributed by atoms with Gasteiger partial charge in [0.1, 0.15) is 0 Å². The van der Waals surface area contributed by atoms with Gasteiger partial charge in [0.25, 0.3) is 0 Å². The summed E-state index contributed by atoms with van der Waals surface area (Å²) in [6.45, 7) is 4.14. The standard InChI is InChI=1S/C16H18N2O/c1-12-5-4-8-18(10-12)16-9-13(11-19)17-15-7-3-2-6-14(15)16/h2-3,5-7,9,19H,4,8,10-11H2,1H3. The number of rotatable bonds is 2. The second-order valence-electron chi connectivity index (χ2n) is 5.07. The van der Waals surface area contributed by atoms with Crippen molar-refractivity contribution in [2.45, 2.75) is 20.0 Å². The summed E-state index contributed by atoms with van der Waals surface area (Å²) >= 11 is 0. The lowest BCUT2D eigenvalue weighted by molar-refractivity contribution is 0.277. The molecule has 3 heteroatoms. The first-order valence-electron chi connectivity index (χ1n) is 6.68. The Kier molecular flexibility index (Phi) is 3.22. The summed E-state index contributed by atoms with van der Waals surface area (Å²) in [6, 6.07) is 10.2. The van der Waals surface area contributed by atoms with Gasteiger partial charge in [-0.1, -0.05) is 29.8 Å². The molecule has 1 N–H and O–H groups in total. The second-order valence-corrected chi connectivity index (χ2v) is 5.07. The molecule has 0 radical (unpaired) electrons. The Hall–Kier alpha value is -1.87. The predicted molar refractivity (Wildman–Crippen MR) is 78.3 cm³/mol. The van der Waals surface area contributed by atoms with E-state index < -0.39 is 0 Å². The number of benzene rings is 1. The fourth-order valence-electron chi connectivity index (χ4n) is 2.67. The molecule has 3 nitrogen and oxygen atoms in total. The first kappa shape index (κ1) is 12.2. The Labute approximate surface area is 113 Å². The molecule has 1 aromatic carbocycles. The smallest absolute Gasteiger partial charge is 0.0854 e. The molecule has 1 aliphatic rings. The third-order valence-corrected chi connectivity index (χ3v) is 3.58. The van der Waals surface area contributed by atoms with Gasteiger partial charge in [-0.25, -0.2) is 0 Å². The van der Waals surface area contributed by atoms with Gasteiger partial charge in [0.2, 0.25) is 0 Å². The summed E-state index contributed by atoms with van der Waals surface area (Å²) in [7, 11) is 0. The van der Waals surface area contributed by atoms with E-state index in [0.29, 0.717) is 0 Å². The van der Waals surface area contributed by atoms with Crippen LogP contribution in [0.3, 0.4) is 0 Å². The fraction of sp³-hybridized carbons (Fsp3) is 0.312. The molecule has 3 rings (SSSR count). The summed E-state index contributed by atoms with van der Waals surface area (Å²) in [5.41, 5.74) is 4.27. The first-order valence-corrected chi connectivity index (χ1v) is 6.68. The van der Waals surface area contributed by atoms with Crippen LogP contribution in [-0.4, -0.2) is 23.2 Å². The summed E-state index contributed by atoms with van der Waals surface area (Å²) < 4.78 is 0. The van der Waals surface area contributed by atoms with Gasteiger partial charge in [-0.2, -0.15) is 0 Å². The van der Waals surface area contributed by atoms with E-state index in [2.05, 4.69) is 29.0 Å². The minimum Gasteiger partial charge on any atom is -0.390 e. The van der Waals surface area contributed by atoms with Crippen molar-refractivity contribution >= 4 is 16.6 Å². The summed E-state index contributed by atoms with van der Waals surface area (Å²) in [6.07, 6.45) is 3.38. The number of hydrogen-bond acceptors (Lipinski definition) is 3. The third kappa shape index (κ3) is 2.34. The van der Waals surface area contributed by atoms with E-state index >= 15 is 0 Å². The molecule has 0 saturated carbocycles. The Balaban J connectivity index is 2.13. The zero-order chi connectivity index (χ0) is 13.2. The van der Waals surface area contributed by atoms with E-state index in [0.717, 1.165) is 36.1 Å². The molecular formula is C16H18N2O. The number of hydrogen-bond donors (Lipinski definition) is 1. The lowest BCUT2D eigenvalue weighted by atomic mass is 10.1. The quantitative estimate of drug-likeness (QED) is 0.837. The predicted octanol–water partition coefficient (Wildman–Crippen LogP) is 2.88. The van der Waals surface area contributed by atoms with Crippen LogP contribution in [0.4, 0.5) is 5.69 Å². The number of aliphatic hydroxyl groups excluding tert-OH is 1. The normalized spacial score (nSPS) is 15.7. The van der Waals surface area contributed by atoms with E-state index in [1.165, 1.54) is 11.3 Å². The molecule has 1 aliphatic heterocycles. The third-order valence-electron chi connectivity index (χ3n) is 3.58. The largest absolute Gasteiger partial charge is 0.390 e. The first-order chi connectivity index (χ1) is 9.28. The van der Waals surface area contributed by atoms with Crippen molar-refractivity contribution < 1.29 is 5.11 Å². The molecule has 0 atom stereocenters. The molecule has 0 fully saturated rings. The number of pyridine rings is 1. The molecule has 0 aliphatic carbocycles. The minimum atomic E-state index is -0.0134. The van der Waals surface area contributed by atoms with Gasteiger partial charge in [-0.3, -0.25) is 4.98 Å². The average molecular weight is 254 g/mol. The van der Waals surface area contributed by atoms with Crippen LogP contribution in [0.1, 0.15) is 19.0 Å². The van der Waals surface area contributed by atoms with E-state index in [4.69, 9.17) is 0 Å². The highest BCUT2D eigenvalue weighted by Gasteiger charge is 2.15. The van der Waals surface area contributed by atoms with Gasteiger partial charge in [0, 0.05) is 24.2 Å². The minimum absolute atomic E-state index is 0.0134. The van der Waals surface area contributed by atoms with Crippen LogP contribution >= 0.6 is 0 Å². The van der Waals surface area contributed by atoms with Crippen LogP contribution < -0.4 is 4.90 Å². The van der Waals surface area contributed by atoms with Crippen LogP contribution in [0.15, 0.2) is 42.0 Å². The number of fused-ring (bicyclic) bond motifs is 1. The molecule has 0 bridgehead atoms. The molecule has 98 valence electrons. The van der Waals surface area contributed by atoms with Crippen LogP contribution in [0.25, 0.3) is 10.9 Å². The van der Waals surface area contributed by atoms with Gasteiger partial charge in [0.15, 0.2) is 0 Å². The van der Waals surface area contributed by atoms with E-state index in [1.807, 2.05) is 24.3 Å². The highest BCUT2D eigenvalue weighted by molar-refractivity contribution is 5.92. The van der Waals surface area contributed by atoms with Crippen LogP contribution in [-0.2, 0) is 6.61 Å². The Morgan fingerprint density at radius 3 is 2.95 bits per heavy atom. The monoisotopic (exact) mass is 254 g/mol. The van der Waals surface area contributed by atoms with Crippen molar-refractivity contribution in [3.05, 3.63) is 47.7 Å². The van der Waals surface area contributed by atoms with Crippen molar-refractivity contribution in [3.8, 4) is 0 Å². The van der Waals surface area contributed by atoms with Crippen molar-refractivity contribution in [2.75, 3.05) is 18.0 Å². The zero-order valence-corrected chi connectivity index (χ0v) is 11.1. The molecule has 2 aromatic rings. The summed E-state index contributed by atoms with van der Waals surface area (Å²) in [5, 5.41) is 10.5. The van der Waals surface area contributed by atoms with Crippen LogP contribution in [0.5, 0.6) is 0 Å². The number of aromatic nitrogens is 1. The molecule has 0 spiro atoms. The van der Waals surface area contributed by atoms with Gasteiger partial charge < -0.3 is 10.0 Å². The number of aliphatic hydroxyl groups is 1. The summed E-state index contributed by atoms with van der Waals surface area (Å²) in [4.78, 5) is 6.85. The fourth-order valence-corrected chi connectivity index (χ4v) is 2.67. The molecule has 0 amide bonds. The molecule has 1 aromatic heterocycles. The van der Waals surface area contributed by atoms with Gasteiger partial charge in [0.05, 0.1) is 17.8 Å².